The van der Waals surface area contributed by atoms with Crippen LogP contribution in [0.3, 0.4) is 0 Å². The molecule has 1 saturated carbocycles. The average molecular weight is 497 g/mol. The maximum absolute atomic E-state index is 7.37. The van der Waals surface area contributed by atoms with E-state index < -0.39 is 34.2 Å². The van der Waals surface area contributed by atoms with Gasteiger partial charge in [0.25, 0.3) is 0 Å². The van der Waals surface area contributed by atoms with E-state index in [0.29, 0.717) is 11.5 Å². The first-order valence-electron chi connectivity index (χ1n) is 12.0. The van der Waals surface area contributed by atoms with Gasteiger partial charge in [-0.1, -0.05) is 58.4 Å². The third-order valence-corrected chi connectivity index (χ3v) is 27.2. The number of hydrogen-bond donors (Lipinski definition) is 0. The molecule has 176 valence electrons. The third kappa shape index (κ3) is 5.78. The molecule has 0 aromatic carbocycles. The van der Waals surface area contributed by atoms with Crippen LogP contribution >= 0.6 is 0 Å². The zero-order chi connectivity index (χ0) is 23.2. The fraction of sp³-hybridized carbons (Fsp3) is 0.652. The maximum atomic E-state index is 7.37. The van der Waals surface area contributed by atoms with E-state index in [1.165, 1.54) is 12.8 Å². The third-order valence-electron chi connectivity index (χ3n) is 6.88. The lowest BCUT2D eigenvalue weighted by molar-refractivity contribution is 0.213. The summed E-state index contributed by atoms with van der Waals surface area (Å²) in [5.74, 6) is 0.673. The van der Waals surface area contributed by atoms with E-state index in [0.717, 1.165) is 42.3 Å². The Kier molecular flexibility index (Phi) is 9.72. The van der Waals surface area contributed by atoms with E-state index in [2.05, 4.69) is 54.0 Å². The fourth-order valence-electron chi connectivity index (χ4n) is 4.99. The Labute approximate surface area is 195 Å². The largest absolute Gasteiger partial charge is 0.415 e. The summed E-state index contributed by atoms with van der Waals surface area (Å²) in [6, 6.07) is 5.68. The normalized spacial score (nSPS) is 40.4. The molecule has 0 spiro atoms. The van der Waals surface area contributed by atoms with Crippen molar-refractivity contribution in [3.05, 3.63) is 50.6 Å². The lowest BCUT2D eigenvalue weighted by Crippen LogP contribution is -2.70. The topological polar surface area (TPSA) is 36.9 Å². The van der Waals surface area contributed by atoms with Crippen LogP contribution in [0.5, 0.6) is 0 Å². The van der Waals surface area contributed by atoms with Gasteiger partial charge in [0.2, 0.25) is 0 Å². The van der Waals surface area contributed by atoms with Crippen molar-refractivity contribution in [2.45, 2.75) is 88.4 Å². The van der Waals surface area contributed by atoms with E-state index in [1.807, 2.05) is 24.3 Å². The second kappa shape index (κ2) is 11.2. The van der Waals surface area contributed by atoms with Gasteiger partial charge in [-0.25, -0.2) is 0 Å². The SMILES string of the molecule is C=CC[Si]1(CC)O[Si](CC)(CC=C)O[Si](CC=C)(C2CC2CC)O[Si](CC)(CC=C)O1. The van der Waals surface area contributed by atoms with Gasteiger partial charge in [-0.2, -0.15) is 0 Å². The Balaban J connectivity index is 2.68. The summed E-state index contributed by atoms with van der Waals surface area (Å²) in [4.78, 5) is 0. The van der Waals surface area contributed by atoms with Gasteiger partial charge in [0.15, 0.2) is 0 Å². The number of hydrogen-bond acceptors (Lipinski definition) is 4. The first kappa shape index (κ1) is 26.9. The van der Waals surface area contributed by atoms with Gasteiger partial charge in [-0.3, -0.25) is 0 Å². The summed E-state index contributed by atoms with van der Waals surface area (Å²) in [6.07, 6.45) is 10.3. The number of allylic oxidation sites excluding steroid dienone is 4. The Hall–Kier alpha value is -0.332. The van der Waals surface area contributed by atoms with E-state index in [9.17, 15) is 0 Å². The minimum absolute atomic E-state index is 0.490. The molecule has 0 bridgehead atoms. The minimum Gasteiger partial charge on any atom is -0.415 e. The van der Waals surface area contributed by atoms with E-state index in [1.54, 1.807) is 0 Å². The van der Waals surface area contributed by atoms with Gasteiger partial charge in [0, 0.05) is 29.7 Å². The molecule has 4 unspecified atom stereocenters. The van der Waals surface area contributed by atoms with Crippen LogP contribution in [-0.4, -0.2) is 34.2 Å². The molecule has 2 rings (SSSR count). The Morgan fingerprint density at radius 1 is 0.645 bits per heavy atom. The van der Waals surface area contributed by atoms with E-state index in [4.69, 9.17) is 16.5 Å². The van der Waals surface area contributed by atoms with Crippen LogP contribution in [0.4, 0.5) is 0 Å². The van der Waals surface area contributed by atoms with Crippen molar-refractivity contribution in [2.24, 2.45) is 5.92 Å². The summed E-state index contributed by atoms with van der Waals surface area (Å²) in [6.45, 7) is 25.1. The fourth-order valence-corrected chi connectivity index (χ4v) is 29.5. The molecule has 0 aromatic rings. The Morgan fingerprint density at radius 3 is 1.32 bits per heavy atom. The van der Waals surface area contributed by atoms with Gasteiger partial charge in [-0.05, 0) is 30.5 Å². The van der Waals surface area contributed by atoms with Crippen molar-refractivity contribution in [1.29, 1.82) is 0 Å². The molecule has 1 aliphatic carbocycles. The van der Waals surface area contributed by atoms with Crippen molar-refractivity contribution in [1.82, 2.24) is 0 Å². The molecule has 31 heavy (non-hydrogen) atoms. The van der Waals surface area contributed by atoms with Crippen molar-refractivity contribution in [2.75, 3.05) is 0 Å². The standard InChI is InChI=1S/C23H44O4Si4/c1-9-17-28(14-6)24-29(15-7,18-10-2)26-31(20-12-4,23-21-22(23)13-5)27-30(16-8,25-28)19-11-3/h9-12,22-23H,1-4,13-21H2,5-8H3. The van der Waals surface area contributed by atoms with Gasteiger partial charge in [0.1, 0.15) is 0 Å². The monoisotopic (exact) mass is 496 g/mol. The highest BCUT2D eigenvalue weighted by atomic mass is 28.5. The highest BCUT2D eigenvalue weighted by Crippen LogP contribution is 2.58. The summed E-state index contributed by atoms with van der Waals surface area (Å²) in [5.41, 5.74) is 0.490. The molecule has 0 aromatic heterocycles. The lowest BCUT2D eigenvalue weighted by Gasteiger charge is -2.53. The Morgan fingerprint density at radius 2 is 1.03 bits per heavy atom. The second-order valence-corrected chi connectivity index (χ2v) is 23.8. The smallest absolute Gasteiger partial charge is 0.327 e. The average Bonchev–Trinajstić information content (AvgIpc) is 3.54. The van der Waals surface area contributed by atoms with Crippen molar-refractivity contribution in [3.63, 3.8) is 0 Å². The van der Waals surface area contributed by atoms with E-state index in [-0.39, 0.29) is 0 Å². The zero-order valence-electron chi connectivity index (χ0n) is 20.3. The maximum Gasteiger partial charge on any atom is 0.327 e. The molecule has 8 heteroatoms. The van der Waals surface area contributed by atoms with E-state index >= 15 is 0 Å². The molecule has 1 aliphatic heterocycles. The predicted octanol–water partition coefficient (Wildman–Crippen LogP) is 7.44. The van der Waals surface area contributed by atoms with Gasteiger partial charge in [0.05, 0.1) is 0 Å². The summed E-state index contributed by atoms with van der Waals surface area (Å²) >= 11 is 0. The zero-order valence-corrected chi connectivity index (χ0v) is 24.3. The van der Waals surface area contributed by atoms with Crippen LogP contribution in [0.25, 0.3) is 0 Å². The molecular weight excluding hydrogens is 453 g/mol. The van der Waals surface area contributed by atoms with Crippen LogP contribution in [0.2, 0.25) is 47.8 Å². The molecule has 4 nitrogen and oxygen atoms in total. The van der Waals surface area contributed by atoms with Crippen molar-refractivity contribution < 1.29 is 16.5 Å². The molecule has 2 aliphatic rings. The lowest BCUT2D eigenvalue weighted by atomic mass is 10.3. The highest BCUT2D eigenvalue weighted by molar-refractivity contribution is 6.96. The molecule has 0 amide bonds. The molecule has 0 radical (unpaired) electrons. The van der Waals surface area contributed by atoms with Crippen LogP contribution in [0.15, 0.2) is 50.6 Å². The predicted molar refractivity (Wildman–Crippen MR) is 141 cm³/mol. The van der Waals surface area contributed by atoms with Crippen LogP contribution in [0, 0.1) is 5.92 Å². The molecule has 1 heterocycles. The van der Waals surface area contributed by atoms with Crippen LogP contribution in [0.1, 0.15) is 40.5 Å². The summed E-state index contributed by atoms with van der Waals surface area (Å²) < 4.78 is 29.2. The summed E-state index contributed by atoms with van der Waals surface area (Å²) in [7, 11) is -10.5. The molecule has 1 saturated heterocycles. The first-order valence-corrected chi connectivity index (χ1v) is 20.8. The second-order valence-electron chi connectivity index (χ2n) is 8.99. The number of rotatable bonds is 13. The highest BCUT2D eigenvalue weighted by Gasteiger charge is 2.66. The van der Waals surface area contributed by atoms with Gasteiger partial charge in [-0.15, -0.1) is 26.3 Å². The molecule has 2 fully saturated rings. The quantitative estimate of drug-likeness (QED) is 0.196. The van der Waals surface area contributed by atoms with Gasteiger partial charge < -0.3 is 16.5 Å². The van der Waals surface area contributed by atoms with Crippen LogP contribution in [-0.2, 0) is 16.5 Å². The molecule has 0 N–H and O–H groups in total. The van der Waals surface area contributed by atoms with Crippen molar-refractivity contribution in [3.8, 4) is 0 Å². The molecule has 4 atom stereocenters. The summed E-state index contributed by atoms with van der Waals surface area (Å²) in [5, 5.41) is 0. The van der Waals surface area contributed by atoms with Crippen molar-refractivity contribution >= 4 is 34.2 Å². The van der Waals surface area contributed by atoms with Crippen LogP contribution < -0.4 is 0 Å². The minimum atomic E-state index is -2.64. The first-order chi connectivity index (χ1) is 14.8. The van der Waals surface area contributed by atoms with Gasteiger partial charge >= 0.3 is 34.2 Å². The molecular formula is C23H44O4Si4. The Bertz CT molecular complexity index is 627.